The summed E-state index contributed by atoms with van der Waals surface area (Å²) in [5.74, 6) is 0.833. The van der Waals surface area contributed by atoms with Gasteiger partial charge in [0.25, 0.3) is 0 Å². The van der Waals surface area contributed by atoms with E-state index < -0.39 is 0 Å². The molecule has 0 spiro atoms. The average molecular weight is 195 g/mol. The summed E-state index contributed by atoms with van der Waals surface area (Å²) in [7, 11) is 0. The van der Waals surface area contributed by atoms with Crippen molar-refractivity contribution >= 4 is 0 Å². The molecule has 0 aromatic carbocycles. The topological polar surface area (TPSA) is 26.0 Å². The number of hydrogen-bond donors (Lipinski definition) is 1. The van der Waals surface area contributed by atoms with E-state index in [2.05, 4.69) is 27.4 Å². The van der Waals surface area contributed by atoms with Gasteiger partial charge in [-0.25, -0.2) is 0 Å². The zero-order valence-corrected chi connectivity index (χ0v) is 10.5. The van der Waals surface area contributed by atoms with Crippen LogP contribution >= 0.6 is 0 Å². The minimum absolute atomic E-state index is 0.822. The molecule has 0 aliphatic heterocycles. The Morgan fingerprint density at radius 3 is 1.64 bits per heavy atom. The Morgan fingerprint density at radius 2 is 1.43 bits per heavy atom. The van der Waals surface area contributed by atoms with Crippen LogP contribution in [0.2, 0.25) is 0 Å². The van der Waals surface area contributed by atoms with Gasteiger partial charge in [0.15, 0.2) is 0 Å². The molecule has 0 amide bonds. The fraction of sp³-hybridized carbons (Fsp3) is 0.538. The van der Waals surface area contributed by atoms with Crippen molar-refractivity contribution < 1.29 is 0 Å². The van der Waals surface area contributed by atoms with Gasteiger partial charge in [0.05, 0.1) is 0 Å². The van der Waals surface area contributed by atoms with Gasteiger partial charge < -0.3 is 5.73 Å². The molecule has 0 heterocycles. The van der Waals surface area contributed by atoms with Crippen molar-refractivity contribution in [3.8, 4) is 0 Å². The Bertz CT molecular complexity index is 213. The van der Waals surface area contributed by atoms with E-state index in [1.165, 1.54) is 0 Å². The fourth-order valence-corrected chi connectivity index (χ4v) is 0.399. The molecule has 0 aromatic rings. The highest BCUT2D eigenvalue weighted by atomic mass is 14.6. The van der Waals surface area contributed by atoms with Gasteiger partial charge in [0.2, 0.25) is 0 Å². The van der Waals surface area contributed by atoms with Crippen LogP contribution in [0.15, 0.2) is 35.6 Å². The molecule has 1 nitrogen and oxygen atoms in total. The Kier molecular flexibility index (Phi) is 9.53. The maximum atomic E-state index is 5.62. The molecule has 0 rings (SSSR count). The molecule has 0 fully saturated rings. The second-order valence-corrected chi connectivity index (χ2v) is 4.37. The van der Waals surface area contributed by atoms with Gasteiger partial charge in [0, 0.05) is 5.70 Å². The second-order valence-electron chi connectivity index (χ2n) is 4.37. The molecule has 0 bridgehead atoms. The molecular weight excluding hydrogens is 170 g/mol. The van der Waals surface area contributed by atoms with Crippen LogP contribution in [-0.2, 0) is 0 Å². The van der Waals surface area contributed by atoms with Crippen LogP contribution in [0.4, 0.5) is 0 Å². The lowest BCUT2D eigenvalue weighted by Crippen LogP contribution is -1.94. The normalized spacial score (nSPS) is 9.64. The smallest absolute Gasteiger partial charge is 0.0300 e. The van der Waals surface area contributed by atoms with Crippen molar-refractivity contribution in [3.63, 3.8) is 0 Å². The van der Waals surface area contributed by atoms with Crippen LogP contribution in [0, 0.1) is 5.92 Å². The van der Waals surface area contributed by atoms with Crippen molar-refractivity contribution in [2.24, 2.45) is 11.7 Å². The molecule has 0 unspecified atom stereocenters. The van der Waals surface area contributed by atoms with Gasteiger partial charge in [-0.15, -0.1) is 0 Å². The molecule has 0 aromatic heterocycles. The summed E-state index contributed by atoms with van der Waals surface area (Å²) in [6.07, 6.45) is 3.78. The number of rotatable bonds is 2. The molecule has 1 heteroatoms. The summed E-state index contributed by atoms with van der Waals surface area (Å²) >= 11 is 0. The van der Waals surface area contributed by atoms with Crippen LogP contribution in [0.25, 0.3) is 0 Å². The summed E-state index contributed by atoms with van der Waals surface area (Å²) in [5, 5.41) is 0. The summed E-state index contributed by atoms with van der Waals surface area (Å²) < 4.78 is 0. The van der Waals surface area contributed by atoms with E-state index in [0.29, 0.717) is 0 Å². The van der Waals surface area contributed by atoms with Crippen LogP contribution in [0.5, 0.6) is 0 Å². The summed E-state index contributed by atoms with van der Waals surface area (Å²) in [6, 6.07) is 0. The highest BCUT2D eigenvalue weighted by molar-refractivity contribution is 5.25. The predicted octanol–water partition coefficient (Wildman–Crippen LogP) is 4.03. The summed E-state index contributed by atoms with van der Waals surface area (Å²) in [5.41, 5.74) is 8.59. The van der Waals surface area contributed by atoms with Crippen molar-refractivity contribution in [1.29, 1.82) is 0 Å². The lowest BCUT2D eigenvalue weighted by molar-refractivity contribution is 0.737. The average Bonchev–Trinajstić information content (AvgIpc) is 1.98. The van der Waals surface area contributed by atoms with Gasteiger partial charge in [-0.1, -0.05) is 44.6 Å². The van der Waals surface area contributed by atoms with Gasteiger partial charge in [-0.05, 0) is 32.8 Å². The van der Waals surface area contributed by atoms with Gasteiger partial charge in [0.1, 0.15) is 0 Å². The van der Waals surface area contributed by atoms with Gasteiger partial charge in [-0.2, -0.15) is 0 Å². The minimum atomic E-state index is 0.822. The largest absolute Gasteiger partial charge is 0.399 e. The SMILES string of the molecule is C=C(C)/C=C\C(N)=C(C)C.CC(C)C. The third kappa shape index (κ3) is 17.2. The fourth-order valence-electron chi connectivity index (χ4n) is 0.399. The van der Waals surface area contributed by atoms with Crippen molar-refractivity contribution in [2.45, 2.75) is 41.5 Å². The first-order valence-corrected chi connectivity index (χ1v) is 5.03. The first kappa shape index (κ1) is 15.5. The highest BCUT2D eigenvalue weighted by Crippen LogP contribution is 1.99. The lowest BCUT2D eigenvalue weighted by atomic mass is 10.2. The first-order chi connectivity index (χ1) is 6.27. The highest BCUT2D eigenvalue weighted by Gasteiger charge is 1.84. The Balaban J connectivity index is 0. The van der Waals surface area contributed by atoms with E-state index in [4.69, 9.17) is 5.73 Å². The Labute approximate surface area is 89.4 Å². The molecule has 14 heavy (non-hydrogen) atoms. The van der Waals surface area contributed by atoms with Gasteiger partial charge >= 0.3 is 0 Å². The number of hydrogen-bond acceptors (Lipinski definition) is 1. The molecule has 82 valence electrons. The lowest BCUT2D eigenvalue weighted by Gasteiger charge is -1.94. The van der Waals surface area contributed by atoms with E-state index in [0.717, 1.165) is 22.8 Å². The molecule has 0 saturated heterocycles. The molecule has 0 aliphatic carbocycles. The maximum Gasteiger partial charge on any atom is 0.0300 e. The van der Waals surface area contributed by atoms with Crippen LogP contribution in [0.3, 0.4) is 0 Å². The van der Waals surface area contributed by atoms with Crippen LogP contribution in [-0.4, -0.2) is 0 Å². The molecule has 0 saturated carbocycles. The van der Waals surface area contributed by atoms with E-state index in [9.17, 15) is 0 Å². The number of nitrogens with two attached hydrogens (primary N) is 1. The third-order valence-electron chi connectivity index (χ3n) is 1.12. The molecular formula is C13H25N. The quantitative estimate of drug-likeness (QED) is 0.661. The zero-order valence-electron chi connectivity index (χ0n) is 10.5. The molecule has 0 radical (unpaired) electrons. The van der Waals surface area contributed by atoms with Crippen molar-refractivity contribution in [2.75, 3.05) is 0 Å². The van der Waals surface area contributed by atoms with E-state index in [1.54, 1.807) is 0 Å². The second kappa shape index (κ2) is 8.61. The van der Waals surface area contributed by atoms with Crippen LogP contribution in [0.1, 0.15) is 41.5 Å². The molecule has 0 atom stereocenters. The Morgan fingerprint density at radius 1 is 1.07 bits per heavy atom. The minimum Gasteiger partial charge on any atom is -0.399 e. The molecule has 2 N–H and O–H groups in total. The Hall–Kier alpha value is -0.980. The third-order valence-corrected chi connectivity index (χ3v) is 1.12. The summed E-state index contributed by atoms with van der Waals surface area (Å²) in [4.78, 5) is 0. The first-order valence-electron chi connectivity index (χ1n) is 5.03. The summed E-state index contributed by atoms with van der Waals surface area (Å²) in [6.45, 7) is 16.1. The zero-order chi connectivity index (χ0) is 11.7. The standard InChI is InChI=1S/C9H15N.C4H10/c1-7(2)5-6-9(10)8(3)4;1-4(2)3/h5-6H,1,10H2,2-4H3;4H,1-3H3/b6-5-;. The van der Waals surface area contributed by atoms with Crippen molar-refractivity contribution in [3.05, 3.63) is 35.6 Å². The monoisotopic (exact) mass is 195 g/mol. The maximum absolute atomic E-state index is 5.62. The van der Waals surface area contributed by atoms with E-state index in [1.807, 2.05) is 32.9 Å². The van der Waals surface area contributed by atoms with E-state index >= 15 is 0 Å². The van der Waals surface area contributed by atoms with Crippen molar-refractivity contribution in [1.82, 2.24) is 0 Å². The number of allylic oxidation sites excluding steroid dienone is 4. The van der Waals surface area contributed by atoms with E-state index in [-0.39, 0.29) is 0 Å². The van der Waals surface area contributed by atoms with Crippen LogP contribution < -0.4 is 5.73 Å². The molecule has 0 aliphatic rings. The predicted molar refractivity (Wildman–Crippen MR) is 67.0 cm³/mol. The van der Waals surface area contributed by atoms with Gasteiger partial charge in [-0.3, -0.25) is 0 Å².